The summed E-state index contributed by atoms with van der Waals surface area (Å²) in [5, 5.41) is 14.4. The Morgan fingerprint density at radius 2 is 2.05 bits per heavy atom. The van der Waals surface area contributed by atoms with Crippen LogP contribution in [-0.2, 0) is 11.3 Å². The van der Waals surface area contributed by atoms with E-state index in [0.717, 1.165) is 27.3 Å². The average Bonchev–Trinajstić information content (AvgIpc) is 3.20. The highest BCUT2D eigenvalue weighted by Gasteiger charge is 2.27. The van der Waals surface area contributed by atoms with Gasteiger partial charge >= 0.3 is 0 Å². The molecule has 0 bridgehead atoms. The van der Waals surface area contributed by atoms with E-state index in [1.807, 2.05) is 24.3 Å². The van der Waals surface area contributed by atoms with Gasteiger partial charge < -0.3 is 10.1 Å². The van der Waals surface area contributed by atoms with E-state index < -0.39 is 0 Å². The van der Waals surface area contributed by atoms with E-state index in [1.54, 1.807) is 11.3 Å². The molecule has 0 unspecified atom stereocenters. The zero-order valence-electron chi connectivity index (χ0n) is 11.0. The lowest BCUT2D eigenvalue weighted by Gasteiger charge is -2.05. The number of nitrogens with one attached hydrogen (secondary N) is 1. The molecule has 0 radical (unpaired) electrons. The summed E-state index contributed by atoms with van der Waals surface area (Å²) in [5.74, 6) is 0.671. The zero-order valence-corrected chi connectivity index (χ0v) is 12.6. The number of benzene rings is 1. The van der Waals surface area contributed by atoms with E-state index in [1.165, 1.54) is 12.8 Å². The highest BCUT2D eigenvalue weighted by molar-refractivity contribution is 7.15. The Bertz CT molecular complexity index is 554. The van der Waals surface area contributed by atoms with Crippen molar-refractivity contribution in [2.45, 2.75) is 25.4 Å². The van der Waals surface area contributed by atoms with Crippen LogP contribution < -0.4 is 5.32 Å². The number of hydrogen-bond donors (Lipinski definition) is 1. The first-order valence-electron chi connectivity index (χ1n) is 6.71. The van der Waals surface area contributed by atoms with Gasteiger partial charge in [0, 0.05) is 17.5 Å². The van der Waals surface area contributed by atoms with Crippen molar-refractivity contribution < 1.29 is 4.74 Å². The standard InChI is InChI=1S/C14H16ClN3OS/c15-12-5-1-10(2-6-12)9-19-8-7-16-14-18-17-13(20-14)11-3-4-11/h1-2,5-6,11H,3-4,7-9H2,(H,16,18). The zero-order chi connectivity index (χ0) is 13.8. The van der Waals surface area contributed by atoms with Crippen molar-refractivity contribution in [3.8, 4) is 0 Å². The van der Waals surface area contributed by atoms with Gasteiger partial charge in [0.1, 0.15) is 5.01 Å². The second kappa shape index (κ2) is 6.52. The molecule has 4 nitrogen and oxygen atoms in total. The monoisotopic (exact) mass is 309 g/mol. The van der Waals surface area contributed by atoms with E-state index in [2.05, 4.69) is 15.5 Å². The van der Waals surface area contributed by atoms with Crippen LogP contribution in [-0.4, -0.2) is 23.3 Å². The van der Waals surface area contributed by atoms with Crippen LogP contribution >= 0.6 is 22.9 Å². The second-order valence-electron chi connectivity index (χ2n) is 4.83. The smallest absolute Gasteiger partial charge is 0.205 e. The maximum atomic E-state index is 5.83. The molecule has 1 aliphatic rings. The lowest BCUT2D eigenvalue weighted by atomic mass is 10.2. The largest absolute Gasteiger partial charge is 0.375 e. The van der Waals surface area contributed by atoms with E-state index >= 15 is 0 Å². The summed E-state index contributed by atoms with van der Waals surface area (Å²) in [4.78, 5) is 0. The number of anilines is 1. The van der Waals surface area contributed by atoms with Crippen molar-refractivity contribution in [1.29, 1.82) is 0 Å². The van der Waals surface area contributed by atoms with Crippen LogP contribution in [0.15, 0.2) is 24.3 Å². The third kappa shape index (κ3) is 3.91. The molecule has 1 aliphatic carbocycles. The molecule has 0 atom stereocenters. The first-order chi connectivity index (χ1) is 9.81. The number of halogens is 1. The van der Waals surface area contributed by atoms with Gasteiger partial charge in [-0.25, -0.2) is 0 Å². The van der Waals surface area contributed by atoms with Crippen LogP contribution in [0.3, 0.4) is 0 Å². The van der Waals surface area contributed by atoms with Gasteiger partial charge in [0.05, 0.1) is 13.2 Å². The molecule has 0 aliphatic heterocycles. The van der Waals surface area contributed by atoms with Crippen molar-refractivity contribution in [2.24, 2.45) is 0 Å². The molecule has 106 valence electrons. The van der Waals surface area contributed by atoms with E-state index in [4.69, 9.17) is 16.3 Å². The maximum Gasteiger partial charge on any atom is 0.205 e. The number of rotatable bonds is 7. The van der Waals surface area contributed by atoms with Crippen LogP contribution in [0, 0.1) is 0 Å². The molecule has 0 saturated heterocycles. The SMILES string of the molecule is Clc1ccc(COCCNc2nnc(C3CC3)s2)cc1. The van der Waals surface area contributed by atoms with Gasteiger partial charge in [-0.3, -0.25) is 0 Å². The van der Waals surface area contributed by atoms with Crippen LogP contribution in [0.2, 0.25) is 5.02 Å². The summed E-state index contributed by atoms with van der Waals surface area (Å²) in [6.07, 6.45) is 2.53. The van der Waals surface area contributed by atoms with Gasteiger partial charge in [-0.2, -0.15) is 0 Å². The summed E-state index contributed by atoms with van der Waals surface area (Å²) in [5.41, 5.74) is 1.13. The van der Waals surface area contributed by atoms with Crippen molar-refractivity contribution in [2.75, 3.05) is 18.5 Å². The molecule has 1 saturated carbocycles. The molecule has 1 aromatic heterocycles. The average molecular weight is 310 g/mol. The molecule has 0 amide bonds. The van der Waals surface area contributed by atoms with Gasteiger partial charge in [-0.05, 0) is 30.5 Å². The van der Waals surface area contributed by atoms with E-state index in [-0.39, 0.29) is 0 Å². The highest BCUT2D eigenvalue weighted by Crippen LogP contribution is 2.41. The first-order valence-corrected chi connectivity index (χ1v) is 7.90. The number of hydrogen-bond acceptors (Lipinski definition) is 5. The normalized spacial score (nSPS) is 14.4. The maximum absolute atomic E-state index is 5.83. The van der Waals surface area contributed by atoms with Gasteiger partial charge in [0.2, 0.25) is 5.13 Å². The molecule has 0 spiro atoms. The minimum absolute atomic E-state index is 0.599. The Morgan fingerprint density at radius 3 is 2.80 bits per heavy atom. The molecule has 1 heterocycles. The van der Waals surface area contributed by atoms with Gasteiger partial charge in [0.15, 0.2) is 0 Å². The molecule has 3 rings (SSSR count). The summed E-state index contributed by atoms with van der Waals surface area (Å²) < 4.78 is 5.60. The van der Waals surface area contributed by atoms with Crippen molar-refractivity contribution in [3.63, 3.8) is 0 Å². The molecule has 20 heavy (non-hydrogen) atoms. The highest BCUT2D eigenvalue weighted by atomic mass is 35.5. The molecule has 1 aromatic carbocycles. The second-order valence-corrected chi connectivity index (χ2v) is 6.27. The summed E-state index contributed by atoms with van der Waals surface area (Å²) in [6.45, 7) is 1.98. The molecule has 6 heteroatoms. The van der Waals surface area contributed by atoms with Crippen molar-refractivity contribution in [3.05, 3.63) is 39.9 Å². The lowest BCUT2D eigenvalue weighted by Crippen LogP contribution is -2.09. The minimum Gasteiger partial charge on any atom is -0.375 e. The minimum atomic E-state index is 0.599. The quantitative estimate of drug-likeness (QED) is 0.792. The Kier molecular flexibility index (Phi) is 4.50. The fourth-order valence-electron chi connectivity index (χ4n) is 1.80. The summed E-state index contributed by atoms with van der Waals surface area (Å²) in [6, 6.07) is 7.70. The van der Waals surface area contributed by atoms with Crippen LogP contribution in [0.25, 0.3) is 0 Å². The third-order valence-corrected chi connectivity index (χ3v) is 4.37. The molecular weight excluding hydrogens is 294 g/mol. The van der Waals surface area contributed by atoms with Crippen LogP contribution in [0.1, 0.15) is 29.3 Å². The Balaban J connectivity index is 1.34. The number of aromatic nitrogens is 2. The predicted octanol–water partition coefficient (Wildman–Crippen LogP) is 3.70. The Hall–Kier alpha value is -1.17. The number of nitrogens with zero attached hydrogens (tertiary/aromatic N) is 2. The summed E-state index contributed by atoms with van der Waals surface area (Å²) >= 11 is 7.49. The summed E-state index contributed by atoms with van der Waals surface area (Å²) in [7, 11) is 0. The molecular formula is C14H16ClN3OS. The topological polar surface area (TPSA) is 47.0 Å². The fourth-order valence-corrected chi connectivity index (χ4v) is 2.87. The fraction of sp³-hybridized carbons (Fsp3) is 0.429. The van der Waals surface area contributed by atoms with E-state index in [0.29, 0.717) is 19.1 Å². The van der Waals surface area contributed by atoms with Crippen molar-refractivity contribution >= 4 is 28.1 Å². The third-order valence-electron chi connectivity index (χ3n) is 3.07. The lowest BCUT2D eigenvalue weighted by molar-refractivity contribution is 0.130. The first kappa shape index (κ1) is 13.8. The molecule has 1 N–H and O–H groups in total. The Morgan fingerprint density at radius 1 is 1.25 bits per heavy atom. The van der Waals surface area contributed by atoms with Crippen LogP contribution in [0.5, 0.6) is 0 Å². The van der Waals surface area contributed by atoms with Crippen LogP contribution in [0.4, 0.5) is 5.13 Å². The van der Waals surface area contributed by atoms with Gasteiger partial charge in [-0.15, -0.1) is 10.2 Å². The van der Waals surface area contributed by atoms with Gasteiger partial charge in [0.25, 0.3) is 0 Å². The van der Waals surface area contributed by atoms with Gasteiger partial charge in [-0.1, -0.05) is 35.1 Å². The van der Waals surface area contributed by atoms with E-state index in [9.17, 15) is 0 Å². The number of ether oxygens (including phenoxy) is 1. The molecule has 1 fully saturated rings. The van der Waals surface area contributed by atoms with Crippen molar-refractivity contribution in [1.82, 2.24) is 10.2 Å². The molecule has 2 aromatic rings. The predicted molar refractivity (Wildman–Crippen MR) is 81.5 cm³/mol. The Labute approximate surface area is 127 Å².